The molecule has 0 saturated heterocycles. The van der Waals surface area contributed by atoms with Crippen LogP contribution in [0.15, 0.2) is 42.5 Å². The zero-order valence-electron chi connectivity index (χ0n) is 9.84. The lowest BCUT2D eigenvalue weighted by Crippen LogP contribution is -2.13. The number of phenols is 2. The standard InChI is InChI=1S/C14H13NO3/c1-9-5-4-8-12(17)13(9)15-14(18)10-6-2-3-7-11(10)16/h2-8,16-17H,1H3,(H,15,18). The van der Waals surface area contributed by atoms with Crippen molar-refractivity contribution in [1.82, 2.24) is 0 Å². The molecule has 1 amide bonds. The molecule has 18 heavy (non-hydrogen) atoms. The van der Waals surface area contributed by atoms with Gasteiger partial charge in [-0.25, -0.2) is 0 Å². The van der Waals surface area contributed by atoms with Gasteiger partial charge in [-0.15, -0.1) is 0 Å². The van der Waals surface area contributed by atoms with E-state index >= 15 is 0 Å². The maximum absolute atomic E-state index is 12.0. The van der Waals surface area contributed by atoms with Crippen molar-refractivity contribution < 1.29 is 15.0 Å². The molecule has 0 aliphatic rings. The molecule has 2 aromatic carbocycles. The number of nitrogens with one attached hydrogen (secondary N) is 1. The Bertz CT molecular complexity index is 573. The molecule has 0 heterocycles. The van der Waals surface area contributed by atoms with Gasteiger partial charge in [0, 0.05) is 0 Å². The van der Waals surface area contributed by atoms with E-state index in [9.17, 15) is 15.0 Å². The molecule has 0 saturated carbocycles. The highest BCUT2D eigenvalue weighted by atomic mass is 16.3. The lowest BCUT2D eigenvalue weighted by molar-refractivity contribution is 0.102. The first-order chi connectivity index (χ1) is 8.59. The summed E-state index contributed by atoms with van der Waals surface area (Å²) in [6.07, 6.45) is 0. The van der Waals surface area contributed by atoms with Crippen LogP contribution in [0.3, 0.4) is 0 Å². The molecule has 4 nitrogen and oxygen atoms in total. The predicted molar refractivity (Wildman–Crippen MR) is 68.9 cm³/mol. The van der Waals surface area contributed by atoms with Crippen molar-refractivity contribution in [2.45, 2.75) is 6.92 Å². The summed E-state index contributed by atoms with van der Waals surface area (Å²) >= 11 is 0. The summed E-state index contributed by atoms with van der Waals surface area (Å²) in [4.78, 5) is 12.0. The summed E-state index contributed by atoms with van der Waals surface area (Å²) in [5, 5.41) is 21.8. The highest BCUT2D eigenvalue weighted by Crippen LogP contribution is 2.27. The number of amides is 1. The van der Waals surface area contributed by atoms with Crippen LogP contribution in [0.1, 0.15) is 15.9 Å². The summed E-state index contributed by atoms with van der Waals surface area (Å²) in [5.41, 5.74) is 1.27. The maximum Gasteiger partial charge on any atom is 0.259 e. The molecule has 0 bridgehead atoms. The minimum absolute atomic E-state index is 0.00114. The van der Waals surface area contributed by atoms with Crippen LogP contribution in [0.4, 0.5) is 5.69 Å². The fourth-order valence-electron chi connectivity index (χ4n) is 1.66. The lowest BCUT2D eigenvalue weighted by atomic mass is 10.1. The second kappa shape index (κ2) is 4.79. The number of carbonyl (C=O) groups is 1. The molecule has 0 unspecified atom stereocenters. The van der Waals surface area contributed by atoms with Crippen LogP contribution in [0.25, 0.3) is 0 Å². The third-order valence-electron chi connectivity index (χ3n) is 2.64. The van der Waals surface area contributed by atoms with Gasteiger partial charge in [-0.05, 0) is 30.7 Å². The third kappa shape index (κ3) is 2.27. The number of benzene rings is 2. The Morgan fingerprint density at radius 2 is 1.67 bits per heavy atom. The molecule has 4 heteroatoms. The Balaban J connectivity index is 2.30. The molecule has 0 aliphatic heterocycles. The van der Waals surface area contributed by atoms with E-state index in [4.69, 9.17) is 0 Å². The average molecular weight is 243 g/mol. The molecule has 92 valence electrons. The van der Waals surface area contributed by atoms with Gasteiger partial charge >= 0.3 is 0 Å². The van der Waals surface area contributed by atoms with Gasteiger partial charge in [-0.1, -0.05) is 24.3 Å². The molecular weight excluding hydrogens is 230 g/mol. The van der Waals surface area contributed by atoms with Gasteiger partial charge in [0.2, 0.25) is 0 Å². The number of anilines is 1. The minimum Gasteiger partial charge on any atom is -0.507 e. The molecule has 2 aromatic rings. The summed E-state index contributed by atoms with van der Waals surface area (Å²) in [5.74, 6) is -0.556. The van der Waals surface area contributed by atoms with E-state index in [-0.39, 0.29) is 17.1 Å². The second-order valence-electron chi connectivity index (χ2n) is 3.94. The molecule has 2 rings (SSSR count). The SMILES string of the molecule is Cc1cccc(O)c1NC(=O)c1ccccc1O. The fourth-order valence-corrected chi connectivity index (χ4v) is 1.66. The monoisotopic (exact) mass is 243 g/mol. The maximum atomic E-state index is 12.0. The number of carbonyl (C=O) groups excluding carboxylic acids is 1. The van der Waals surface area contributed by atoms with Crippen LogP contribution < -0.4 is 5.32 Å². The smallest absolute Gasteiger partial charge is 0.259 e. The van der Waals surface area contributed by atoms with Crippen LogP contribution >= 0.6 is 0 Å². The second-order valence-corrected chi connectivity index (χ2v) is 3.94. The summed E-state index contributed by atoms with van der Waals surface area (Å²) in [7, 11) is 0. The van der Waals surface area contributed by atoms with E-state index in [1.807, 2.05) is 0 Å². The molecule has 0 aromatic heterocycles. The van der Waals surface area contributed by atoms with Gasteiger partial charge in [0.05, 0.1) is 11.3 Å². The van der Waals surface area contributed by atoms with Crippen LogP contribution in [-0.2, 0) is 0 Å². The first kappa shape index (κ1) is 12.0. The summed E-state index contributed by atoms with van der Waals surface area (Å²) in [6.45, 7) is 1.78. The van der Waals surface area contributed by atoms with Crippen molar-refractivity contribution in [2.24, 2.45) is 0 Å². The number of hydrogen-bond acceptors (Lipinski definition) is 3. The van der Waals surface area contributed by atoms with Crippen LogP contribution in [0.2, 0.25) is 0 Å². The van der Waals surface area contributed by atoms with Gasteiger partial charge in [0.15, 0.2) is 0 Å². The van der Waals surface area contributed by atoms with Crippen LogP contribution in [0, 0.1) is 6.92 Å². The normalized spacial score (nSPS) is 10.1. The van der Waals surface area contributed by atoms with E-state index < -0.39 is 5.91 Å². The topological polar surface area (TPSA) is 69.6 Å². The van der Waals surface area contributed by atoms with Gasteiger partial charge in [-0.2, -0.15) is 0 Å². The van der Waals surface area contributed by atoms with E-state index in [1.54, 1.807) is 31.2 Å². The first-order valence-electron chi connectivity index (χ1n) is 5.47. The number of para-hydroxylation sites is 2. The van der Waals surface area contributed by atoms with Gasteiger partial charge < -0.3 is 15.5 Å². The van der Waals surface area contributed by atoms with Gasteiger partial charge in [-0.3, -0.25) is 4.79 Å². The lowest BCUT2D eigenvalue weighted by Gasteiger charge is -2.10. The summed E-state index contributed by atoms with van der Waals surface area (Å²) in [6, 6.07) is 11.2. The number of rotatable bonds is 2. The number of phenolic OH excluding ortho intramolecular Hbond substituents is 2. The Morgan fingerprint density at radius 1 is 1.00 bits per heavy atom. The highest BCUT2D eigenvalue weighted by molar-refractivity contribution is 6.07. The molecule has 0 atom stereocenters. The van der Waals surface area contributed by atoms with Crippen molar-refractivity contribution >= 4 is 11.6 Å². The molecule has 0 radical (unpaired) electrons. The minimum atomic E-state index is -0.460. The Kier molecular flexibility index (Phi) is 3.19. The van der Waals surface area contributed by atoms with Crippen molar-refractivity contribution in [1.29, 1.82) is 0 Å². The summed E-state index contributed by atoms with van der Waals surface area (Å²) < 4.78 is 0. The fraction of sp³-hybridized carbons (Fsp3) is 0.0714. The van der Waals surface area contributed by atoms with Gasteiger partial charge in [0.25, 0.3) is 5.91 Å². The highest BCUT2D eigenvalue weighted by Gasteiger charge is 2.13. The zero-order valence-corrected chi connectivity index (χ0v) is 9.84. The first-order valence-corrected chi connectivity index (χ1v) is 5.47. The number of aromatic hydroxyl groups is 2. The van der Waals surface area contributed by atoms with Crippen molar-refractivity contribution in [3.63, 3.8) is 0 Å². The molecule has 0 aliphatic carbocycles. The zero-order chi connectivity index (χ0) is 13.1. The van der Waals surface area contributed by atoms with Crippen LogP contribution in [0.5, 0.6) is 11.5 Å². The quantitative estimate of drug-likeness (QED) is 0.710. The van der Waals surface area contributed by atoms with Crippen LogP contribution in [-0.4, -0.2) is 16.1 Å². The van der Waals surface area contributed by atoms with E-state index in [1.165, 1.54) is 18.2 Å². The number of hydrogen-bond donors (Lipinski definition) is 3. The predicted octanol–water partition coefficient (Wildman–Crippen LogP) is 2.66. The van der Waals surface area contributed by atoms with E-state index in [0.29, 0.717) is 5.69 Å². The Hall–Kier alpha value is -2.49. The molecule has 0 fully saturated rings. The third-order valence-corrected chi connectivity index (χ3v) is 2.64. The van der Waals surface area contributed by atoms with E-state index in [2.05, 4.69) is 5.32 Å². The van der Waals surface area contributed by atoms with Gasteiger partial charge in [0.1, 0.15) is 11.5 Å². The average Bonchev–Trinajstić information content (AvgIpc) is 2.34. The Labute approximate surface area is 105 Å². The van der Waals surface area contributed by atoms with Crippen molar-refractivity contribution in [2.75, 3.05) is 5.32 Å². The number of aryl methyl sites for hydroxylation is 1. The molecule has 3 N–H and O–H groups in total. The largest absolute Gasteiger partial charge is 0.507 e. The van der Waals surface area contributed by atoms with Crippen molar-refractivity contribution in [3.8, 4) is 11.5 Å². The van der Waals surface area contributed by atoms with Crippen molar-refractivity contribution in [3.05, 3.63) is 53.6 Å². The van der Waals surface area contributed by atoms with E-state index in [0.717, 1.165) is 5.56 Å². The Morgan fingerprint density at radius 3 is 2.33 bits per heavy atom. The molecule has 0 spiro atoms. The molecular formula is C14H13NO3.